The van der Waals surface area contributed by atoms with E-state index < -0.39 is 18.1 Å². The van der Waals surface area contributed by atoms with Crippen molar-refractivity contribution in [2.45, 2.75) is 77.2 Å². The van der Waals surface area contributed by atoms with E-state index >= 15 is 0 Å². The van der Waals surface area contributed by atoms with Gasteiger partial charge in [0.05, 0.1) is 6.54 Å². The minimum atomic E-state index is -4.04. The van der Waals surface area contributed by atoms with Crippen molar-refractivity contribution in [1.82, 2.24) is 9.80 Å². The van der Waals surface area contributed by atoms with Gasteiger partial charge in [0.2, 0.25) is 0 Å². The molecular formula is C15H27F5N2. The fourth-order valence-electron chi connectivity index (χ4n) is 2.96. The summed E-state index contributed by atoms with van der Waals surface area (Å²) in [6.45, 7) is 8.59. The van der Waals surface area contributed by atoms with Gasteiger partial charge in [0.15, 0.2) is 0 Å². The van der Waals surface area contributed by atoms with Crippen LogP contribution in [0.1, 0.15) is 47.0 Å². The van der Waals surface area contributed by atoms with Crippen LogP contribution in [0.5, 0.6) is 0 Å². The molecule has 0 aliphatic carbocycles. The molecule has 0 saturated carbocycles. The van der Waals surface area contributed by atoms with Crippen LogP contribution >= 0.6 is 0 Å². The minimum absolute atomic E-state index is 0.000810. The molecule has 2 fully saturated rings. The Morgan fingerprint density at radius 3 is 1.86 bits per heavy atom. The van der Waals surface area contributed by atoms with E-state index in [0.717, 1.165) is 0 Å². The molecule has 1 unspecified atom stereocenters. The first-order valence-corrected chi connectivity index (χ1v) is 7.88. The zero-order chi connectivity index (χ0) is 17.1. The summed E-state index contributed by atoms with van der Waals surface area (Å²) in [5.41, 5.74) is 0. The number of hydrogen-bond donors (Lipinski definition) is 0. The normalized spacial score (nSPS) is 26.6. The molecule has 22 heavy (non-hydrogen) atoms. The predicted molar refractivity (Wildman–Crippen MR) is 77.2 cm³/mol. The van der Waals surface area contributed by atoms with Crippen LogP contribution in [0.25, 0.3) is 0 Å². The Labute approximate surface area is 129 Å². The monoisotopic (exact) mass is 330 g/mol. The van der Waals surface area contributed by atoms with Crippen LogP contribution in [-0.2, 0) is 0 Å². The summed E-state index contributed by atoms with van der Waals surface area (Å²) >= 11 is 0. The Hall–Kier alpha value is -0.430. The third-order valence-corrected chi connectivity index (χ3v) is 4.26. The van der Waals surface area contributed by atoms with E-state index in [9.17, 15) is 22.0 Å². The van der Waals surface area contributed by atoms with Crippen LogP contribution in [0.15, 0.2) is 0 Å². The Morgan fingerprint density at radius 1 is 1.00 bits per heavy atom. The molecule has 0 aromatic carbocycles. The molecule has 2 saturated heterocycles. The first kappa shape index (κ1) is 19.6. The number of likely N-dealkylation sites (tertiary alicyclic amines) is 2. The number of hydrogen-bond acceptors (Lipinski definition) is 2. The summed E-state index contributed by atoms with van der Waals surface area (Å²) in [7, 11) is 0. The molecule has 0 aromatic rings. The van der Waals surface area contributed by atoms with E-state index in [0.29, 0.717) is 19.5 Å². The highest BCUT2D eigenvalue weighted by molar-refractivity contribution is 4.86. The molecule has 7 heteroatoms. The molecule has 0 spiro atoms. The second-order valence-corrected chi connectivity index (χ2v) is 6.70. The van der Waals surface area contributed by atoms with Gasteiger partial charge in [-0.1, -0.05) is 0 Å². The number of alkyl halides is 5. The lowest BCUT2D eigenvalue weighted by Crippen LogP contribution is -2.44. The second-order valence-electron chi connectivity index (χ2n) is 6.70. The molecule has 132 valence electrons. The van der Waals surface area contributed by atoms with Crippen LogP contribution in [0.3, 0.4) is 0 Å². The van der Waals surface area contributed by atoms with Gasteiger partial charge in [-0.15, -0.1) is 0 Å². The van der Waals surface area contributed by atoms with Crippen molar-refractivity contribution in [2.24, 2.45) is 0 Å². The summed E-state index contributed by atoms with van der Waals surface area (Å²) in [4.78, 5) is 3.33. The van der Waals surface area contributed by atoms with Gasteiger partial charge in [-0.05, 0) is 47.1 Å². The molecule has 2 aliphatic rings. The van der Waals surface area contributed by atoms with Crippen molar-refractivity contribution < 1.29 is 22.0 Å². The van der Waals surface area contributed by atoms with E-state index in [4.69, 9.17) is 0 Å². The molecule has 0 N–H and O–H groups in total. The molecule has 2 heterocycles. The molecule has 2 nitrogen and oxygen atoms in total. The largest absolute Gasteiger partial charge is 0.404 e. The van der Waals surface area contributed by atoms with Crippen molar-refractivity contribution >= 4 is 0 Å². The summed E-state index contributed by atoms with van der Waals surface area (Å²) < 4.78 is 62.0. The average Bonchev–Trinajstić information content (AvgIpc) is 2.94. The van der Waals surface area contributed by atoms with E-state index in [1.165, 1.54) is 4.90 Å². The fourth-order valence-corrected chi connectivity index (χ4v) is 2.96. The van der Waals surface area contributed by atoms with E-state index in [1.54, 1.807) is 4.90 Å². The summed E-state index contributed by atoms with van der Waals surface area (Å²) in [5, 5.41) is 0. The molecular weight excluding hydrogens is 303 g/mol. The quantitative estimate of drug-likeness (QED) is 0.702. The van der Waals surface area contributed by atoms with Gasteiger partial charge in [0.25, 0.3) is 5.92 Å². The van der Waals surface area contributed by atoms with Crippen molar-refractivity contribution in [1.29, 1.82) is 0 Å². The maximum Gasteiger partial charge on any atom is 0.404 e. The van der Waals surface area contributed by atoms with Gasteiger partial charge in [-0.3, -0.25) is 9.80 Å². The van der Waals surface area contributed by atoms with Gasteiger partial charge in [-0.25, -0.2) is 8.78 Å². The van der Waals surface area contributed by atoms with Crippen LogP contribution in [0.2, 0.25) is 0 Å². The van der Waals surface area contributed by atoms with Gasteiger partial charge in [-0.2, -0.15) is 13.2 Å². The maximum absolute atomic E-state index is 12.5. The van der Waals surface area contributed by atoms with Crippen molar-refractivity contribution in [3.8, 4) is 0 Å². The Bertz CT molecular complexity index is 341. The number of halogens is 5. The first-order valence-electron chi connectivity index (χ1n) is 7.88. The van der Waals surface area contributed by atoms with Gasteiger partial charge in [0.1, 0.15) is 6.04 Å². The smallest absolute Gasteiger partial charge is 0.295 e. The van der Waals surface area contributed by atoms with Gasteiger partial charge >= 0.3 is 6.18 Å². The lowest BCUT2D eigenvalue weighted by atomic mass is 10.2. The van der Waals surface area contributed by atoms with E-state index in [-0.39, 0.29) is 31.5 Å². The lowest BCUT2D eigenvalue weighted by molar-refractivity contribution is -0.179. The van der Waals surface area contributed by atoms with Gasteiger partial charge in [0, 0.05) is 25.0 Å². The third-order valence-electron chi connectivity index (χ3n) is 4.26. The third kappa shape index (κ3) is 5.65. The lowest BCUT2D eigenvalue weighted by Gasteiger charge is -2.29. The predicted octanol–water partition coefficient (Wildman–Crippen LogP) is 4.16. The topological polar surface area (TPSA) is 6.48 Å². The molecule has 2 rings (SSSR count). The molecule has 0 amide bonds. The van der Waals surface area contributed by atoms with Crippen molar-refractivity contribution in [2.75, 3.05) is 19.6 Å². The summed E-state index contributed by atoms with van der Waals surface area (Å²) in [6, 6.07) is -0.940. The standard InChI is InChI=1S/C8H14F3N.C7H13F2N/c1-6(2)12-5-3-4-7(12)8(9,10)11;1-6(2)10-4-3-7(8,9)5-10/h6-7H,3-5H2,1-2H3;6H,3-5H2,1-2H3. The zero-order valence-electron chi connectivity index (χ0n) is 13.8. The summed E-state index contributed by atoms with van der Waals surface area (Å²) in [6.07, 6.45) is -3.07. The van der Waals surface area contributed by atoms with Crippen molar-refractivity contribution in [3.05, 3.63) is 0 Å². The zero-order valence-corrected chi connectivity index (χ0v) is 13.8. The van der Waals surface area contributed by atoms with E-state index in [1.807, 2.05) is 27.7 Å². The maximum atomic E-state index is 12.5. The number of rotatable bonds is 2. The Morgan fingerprint density at radius 2 is 1.59 bits per heavy atom. The van der Waals surface area contributed by atoms with Crippen LogP contribution < -0.4 is 0 Å². The van der Waals surface area contributed by atoms with Crippen LogP contribution in [0.4, 0.5) is 22.0 Å². The van der Waals surface area contributed by atoms with Crippen molar-refractivity contribution in [3.63, 3.8) is 0 Å². The van der Waals surface area contributed by atoms with Crippen LogP contribution in [0, 0.1) is 0 Å². The SMILES string of the molecule is CC(C)N1CCC(F)(F)C1.CC(C)N1CCCC1C(F)(F)F. The average molecular weight is 330 g/mol. The minimum Gasteiger partial charge on any atom is -0.295 e. The molecule has 0 aromatic heterocycles. The molecule has 1 atom stereocenters. The van der Waals surface area contributed by atoms with Crippen LogP contribution in [-0.4, -0.2) is 59.7 Å². The highest BCUT2D eigenvalue weighted by Gasteiger charge is 2.46. The Balaban J connectivity index is 0.000000224. The Kier molecular flexibility index (Phi) is 6.62. The highest BCUT2D eigenvalue weighted by atomic mass is 19.4. The fraction of sp³-hybridized carbons (Fsp3) is 1.00. The molecule has 2 aliphatic heterocycles. The number of nitrogens with zero attached hydrogens (tertiary/aromatic N) is 2. The van der Waals surface area contributed by atoms with Gasteiger partial charge < -0.3 is 0 Å². The summed E-state index contributed by atoms with van der Waals surface area (Å²) in [5.74, 6) is -2.43. The molecule has 0 radical (unpaired) electrons. The second kappa shape index (κ2) is 7.43. The first-order chi connectivity index (χ1) is 9.94. The highest BCUT2D eigenvalue weighted by Crippen LogP contribution is 2.33. The molecule has 0 bridgehead atoms. The van der Waals surface area contributed by atoms with E-state index in [2.05, 4.69) is 0 Å².